The first kappa shape index (κ1) is 28.1. The van der Waals surface area contributed by atoms with Crippen LogP contribution in [0, 0.1) is 0 Å². The average molecular weight is 541 g/mol. The first-order chi connectivity index (χ1) is 19.0. The smallest absolute Gasteiger partial charge is 0.169 e. The molecule has 2 aliphatic heterocycles. The van der Waals surface area contributed by atoms with Crippen molar-refractivity contribution >= 4 is 11.4 Å². The molecule has 40 heavy (non-hydrogen) atoms. The van der Waals surface area contributed by atoms with Gasteiger partial charge in [0, 0.05) is 48.6 Å². The lowest BCUT2D eigenvalue weighted by molar-refractivity contribution is -0.0404. The monoisotopic (exact) mass is 540 g/mol. The highest BCUT2D eigenvalue weighted by Gasteiger charge is 2.55. The van der Waals surface area contributed by atoms with Crippen LogP contribution in [0.5, 0.6) is 11.5 Å². The second kappa shape index (κ2) is 10.2. The number of rotatable bonds is 7. The zero-order chi connectivity index (χ0) is 28.9. The number of ether oxygens (including phenoxy) is 3. The van der Waals surface area contributed by atoms with Crippen LogP contribution < -0.4 is 19.3 Å². The first-order valence-electron chi connectivity index (χ1n) is 14.3. The van der Waals surface area contributed by atoms with E-state index in [1.807, 2.05) is 12.1 Å². The fourth-order valence-electron chi connectivity index (χ4n) is 6.87. The van der Waals surface area contributed by atoms with E-state index < -0.39 is 5.72 Å². The fraction of sp³-hybridized carbons (Fsp3) is 0.429. The van der Waals surface area contributed by atoms with E-state index in [9.17, 15) is 0 Å². The average Bonchev–Trinajstić information content (AvgIpc) is 3.52. The van der Waals surface area contributed by atoms with Crippen LogP contribution in [0.4, 0.5) is 11.4 Å². The van der Waals surface area contributed by atoms with Gasteiger partial charge in [0.25, 0.3) is 0 Å². The Morgan fingerprint density at radius 1 is 0.850 bits per heavy atom. The van der Waals surface area contributed by atoms with Crippen molar-refractivity contribution < 1.29 is 14.2 Å². The van der Waals surface area contributed by atoms with Gasteiger partial charge < -0.3 is 24.0 Å². The van der Waals surface area contributed by atoms with Crippen molar-refractivity contribution in [3.05, 3.63) is 94.7 Å². The van der Waals surface area contributed by atoms with Crippen molar-refractivity contribution in [2.75, 3.05) is 44.7 Å². The second-order valence-corrected chi connectivity index (χ2v) is 12.1. The molecule has 0 N–H and O–H groups in total. The summed E-state index contributed by atoms with van der Waals surface area (Å²) in [5, 5.41) is 0. The van der Waals surface area contributed by atoms with Gasteiger partial charge >= 0.3 is 0 Å². The number of fused-ring (bicyclic) bond motifs is 2. The molecule has 1 atom stereocenters. The van der Waals surface area contributed by atoms with E-state index in [2.05, 4.69) is 113 Å². The molecule has 1 aliphatic carbocycles. The number of hydrogen-bond donors (Lipinski definition) is 0. The summed E-state index contributed by atoms with van der Waals surface area (Å²) in [6, 6.07) is 12.7. The SMILES string of the molecule is CCOC1(C=CC2=CC(=CC=C3N(C)c4ccc(OC)cc4C3(C)C)CC2)N(C)c2ccc(OC)cc2C1(C)C. The van der Waals surface area contributed by atoms with E-state index in [1.54, 1.807) is 14.2 Å². The van der Waals surface area contributed by atoms with Gasteiger partial charge in [0.1, 0.15) is 11.5 Å². The van der Waals surface area contributed by atoms with Crippen LogP contribution in [0.1, 0.15) is 58.6 Å². The maximum absolute atomic E-state index is 6.59. The Morgan fingerprint density at radius 2 is 1.50 bits per heavy atom. The van der Waals surface area contributed by atoms with Gasteiger partial charge in [0.15, 0.2) is 5.72 Å². The Bertz CT molecular complexity index is 1430. The summed E-state index contributed by atoms with van der Waals surface area (Å²) in [6.07, 6.45) is 13.5. The molecule has 0 saturated carbocycles. The minimum Gasteiger partial charge on any atom is -0.497 e. The molecule has 5 rings (SSSR count). The Kier molecular flexibility index (Phi) is 7.16. The van der Waals surface area contributed by atoms with E-state index in [0.717, 1.165) is 24.3 Å². The first-order valence-corrected chi connectivity index (χ1v) is 14.3. The van der Waals surface area contributed by atoms with Crippen molar-refractivity contribution in [2.45, 2.75) is 64.0 Å². The van der Waals surface area contributed by atoms with Crippen molar-refractivity contribution in [2.24, 2.45) is 0 Å². The van der Waals surface area contributed by atoms with Crippen LogP contribution in [0.15, 0.2) is 83.6 Å². The molecule has 0 bridgehead atoms. The minimum absolute atomic E-state index is 0.0963. The maximum Gasteiger partial charge on any atom is 0.169 e. The molecule has 0 amide bonds. The molecular weight excluding hydrogens is 496 g/mol. The summed E-state index contributed by atoms with van der Waals surface area (Å²) in [4.78, 5) is 4.59. The third-order valence-corrected chi connectivity index (χ3v) is 9.29. The Balaban J connectivity index is 1.42. The lowest BCUT2D eigenvalue weighted by Crippen LogP contribution is -2.55. The predicted molar refractivity (Wildman–Crippen MR) is 166 cm³/mol. The van der Waals surface area contributed by atoms with Gasteiger partial charge in [-0.3, -0.25) is 0 Å². The summed E-state index contributed by atoms with van der Waals surface area (Å²) in [6.45, 7) is 11.8. The Labute approximate surface area is 240 Å². The van der Waals surface area contributed by atoms with Crippen molar-refractivity contribution in [3.8, 4) is 11.5 Å². The molecule has 1 unspecified atom stereocenters. The highest BCUT2D eigenvalue weighted by atomic mass is 16.5. The van der Waals surface area contributed by atoms with Gasteiger partial charge in [-0.15, -0.1) is 0 Å². The summed E-state index contributed by atoms with van der Waals surface area (Å²) >= 11 is 0. The van der Waals surface area contributed by atoms with E-state index >= 15 is 0 Å². The number of likely N-dealkylation sites (N-methyl/N-ethyl adjacent to an activating group) is 2. The third kappa shape index (κ3) is 4.26. The van der Waals surface area contributed by atoms with E-state index in [0.29, 0.717) is 6.61 Å². The van der Waals surface area contributed by atoms with Crippen molar-refractivity contribution in [1.29, 1.82) is 0 Å². The molecule has 0 spiro atoms. The summed E-state index contributed by atoms with van der Waals surface area (Å²) in [7, 11) is 7.74. The molecule has 0 saturated heterocycles. The van der Waals surface area contributed by atoms with E-state index in [4.69, 9.17) is 14.2 Å². The topological polar surface area (TPSA) is 34.2 Å². The van der Waals surface area contributed by atoms with Crippen LogP contribution >= 0.6 is 0 Å². The molecule has 0 aromatic heterocycles. The Morgan fingerprint density at radius 3 is 2.15 bits per heavy atom. The number of anilines is 2. The highest BCUT2D eigenvalue weighted by molar-refractivity contribution is 5.72. The van der Waals surface area contributed by atoms with Crippen LogP contribution in [0.2, 0.25) is 0 Å². The molecule has 2 heterocycles. The molecule has 5 nitrogen and oxygen atoms in total. The lowest BCUT2D eigenvalue weighted by atomic mass is 9.77. The minimum atomic E-state index is -0.588. The third-order valence-electron chi connectivity index (χ3n) is 9.29. The Hall–Kier alpha value is -3.44. The van der Waals surface area contributed by atoms with Gasteiger partial charge in [-0.25, -0.2) is 0 Å². The number of methoxy groups -OCH3 is 2. The quantitative estimate of drug-likeness (QED) is 0.360. The number of allylic oxidation sites excluding steroid dienone is 7. The molecule has 3 aliphatic rings. The molecule has 2 aromatic carbocycles. The zero-order valence-corrected chi connectivity index (χ0v) is 25.6. The number of nitrogens with zero attached hydrogens (tertiary/aromatic N) is 2. The normalized spacial score (nSPS) is 24.7. The van der Waals surface area contributed by atoms with Gasteiger partial charge in [-0.2, -0.15) is 0 Å². The number of benzene rings is 2. The summed E-state index contributed by atoms with van der Waals surface area (Å²) in [5.74, 6) is 1.77. The predicted octanol–water partition coefficient (Wildman–Crippen LogP) is 7.68. The lowest BCUT2D eigenvalue weighted by Gasteiger charge is -2.43. The largest absolute Gasteiger partial charge is 0.497 e. The molecule has 212 valence electrons. The number of hydrogen-bond acceptors (Lipinski definition) is 5. The molecule has 5 heteroatoms. The van der Waals surface area contributed by atoms with Gasteiger partial charge in [-0.1, -0.05) is 45.9 Å². The molecular formula is C35H44N2O3. The van der Waals surface area contributed by atoms with Crippen LogP contribution in [-0.2, 0) is 15.6 Å². The van der Waals surface area contributed by atoms with Gasteiger partial charge in [0.2, 0.25) is 0 Å². The van der Waals surface area contributed by atoms with Crippen LogP contribution in [0.3, 0.4) is 0 Å². The molecule has 0 radical (unpaired) electrons. The standard InChI is InChI=1S/C35H44N2O3/c1-10-40-35(34(4,5)29-23-27(39-9)15-17-31(29)37(35)7)20-19-25-12-11-24(21-25)13-18-32-33(2,3)28-22-26(38-8)14-16-30(28)36(32)6/h13-23H,10-12H2,1-9H3. The molecule has 2 aromatic rings. The van der Waals surface area contributed by atoms with Gasteiger partial charge in [-0.05, 0) is 90.6 Å². The highest BCUT2D eigenvalue weighted by Crippen LogP contribution is 2.53. The van der Waals surface area contributed by atoms with Crippen LogP contribution in [0.25, 0.3) is 0 Å². The zero-order valence-electron chi connectivity index (χ0n) is 25.6. The van der Waals surface area contributed by atoms with E-state index in [1.165, 1.54) is 39.3 Å². The maximum atomic E-state index is 6.59. The molecule has 0 fully saturated rings. The van der Waals surface area contributed by atoms with Crippen LogP contribution in [-0.4, -0.2) is 40.6 Å². The van der Waals surface area contributed by atoms with Crippen molar-refractivity contribution in [3.63, 3.8) is 0 Å². The summed E-state index contributed by atoms with van der Waals surface area (Å²) in [5.41, 5.74) is 7.97. The summed E-state index contributed by atoms with van der Waals surface area (Å²) < 4.78 is 17.6. The van der Waals surface area contributed by atoms with E-state index in [-0.39, 0.29) is 10.8 Å². The second-order valence-electron chi connectivity index (χ2n) is 12.1. The fourth-order valence-corrected chi connectivity index (χ4v) is 6.87. The van der Waals surface area contributed by atoms with Gasteiger partial charge in [0.05, 0.1) is 14.2 Å². The van der Waals surface area contributed by atoms with Crippen molar-refractivity contribution in [1.82, 2.24) is 0 Å².